The minimum absolute atomic E-state index is 0.108. The van der Waals surface area contributed by atoms with Crippen molar-refractivity contribution in [1.29, 1.82) is 0 Å². The second kappa shape index (κ2) is 6.43. The van der Waals surface area contributed by atoms with Crippen molar-refractivity contribution < 1.29 is 4.79 Å². The topological polar surface area (TPSA) is 32.3 Å². The molecule has 0 aliphatic carbocycles. The summed E-state index contributed by atoms with van der Waals surface area (Å²) in [6.45, 7) is 9.03. The summed E-state index contributed by atoms with van der Waals surface area (Å²) >= 11 is 0. The molecule has 0 atom stereocenters. The Morgan fingerprint density at radius 3 is 2.56 bits per heavy atom. The molecule has 18 heavy (non-hydrogen) atoms. The zero-order chi connectivity index (χ0) is 13.7. The molecular formula is C15H24N2O. The summed E-state index contributed by atoms with van der Waals surface area (Å²) in [5, 5.41) is 3.11. The van der Waals surface area contributed by atoms with Gasteiger partial charge in [-0.05, 0) is 44.9 Å². The van der Waals surface area contributed by atoms with Gasteiger partial charge in [-0.25, -0.2) is 0 Å². The first-order valence-electron chi connectivity index (χ1n) is 6.60. The molecule has 0 aliphatic heterocycles. The fourth-order valence-corrected chi connectivity index (χ4v) is 2.04. The van der Waals surface area contributed by atoms with Crippen LogP contribution >= 0.6 is 0 Å². The van der Waals surface area contributed by atoms with Crippen LogP contribution in [0.25, 0.3) is 0 Å². The molecule has 0 unspecified atom stereocenters. The molecule has 1 amide bonds. The number of hydrogen-bond acceptors (Lipinski definition) is 2. The summed E-state index contributed by atoms with van der Waals surface area (Å²) in [6, 6.07) is 6.13. The molecule has 0 bridgehead atoms. The van der Waals surface area contributed by atoms with Crippen LogP contribution in [0.15, 0.2) is 18.2 Å². The molecule has 1 rings (SSSR count). The van der Waals surface area contributed by atoms with E-state index >= 15 is 0 Å². The van der Waals surface area contributed by atoms with Gasteiger partial charge in [0.1, 0.15) is 0 Å². The van der Waals surface area contributed by atoms with Crippen molar-refractivity contribution in [3.05, 3.63) is 29.3 Å². The zero-order valence-electron chi connectivity index (χ0n) is 12.1. The number of benzene rings is 1. The maximum atomic E-state index is 12.6. The van der Waals surface area contributed by atoms with Gasteiger partial charge < -0.3 is 10.2 Å². The Labute approximate surface area is 110 Å². The number of nitrogens with zero attached hydrogens (tertiary/aromatic N) is 1. The van der Waals surface area contributed by atoms with E-state index in [2.05, 4.69) is 26.1 Å². The molecule has 0 heterocycles. The van der Waals surface area contributed by atoms with Crippen LogP contribution in [0.1, 0.15) is 43.1 Å². The molecule has 1 aromatic carbocycles. The van der Waals surface area contributed by atoms with Crippen molar-refractivity contribution in [3.8, 4) is 0 Å². The van der Waals surface area contributed by atoms with Crippen molar-refractivity contribution >= 4 is 11.6 Å². The normalized spacial score (nSPS) is 10.6. The van der Waals surface area contributed by atoms with Crippen LogP contribution < -0.4 is 5.32 Å². The molecule has 100 valence electrons. The smallest absolute Gasteiger partial charge is 0.256 e. The van der Waals surface area contributed by atoms with Gasteiger partial charge in [-0.1, -0.05) is 13.0 Å². The lowest BCUT2D eigenvalue weighted by Crippen LogP contribution is -2.37. The highest BCUT2D eigenvalue weighted by molar-refractivity contribution is 5.99. The Bertz CT molecular complexity index is 413. The van der Waals surface area contributed by atoms with E-state index in [1.54, 1.807) is 0 Å². The Morgan fingerprint density at radius 1 is 1.39 bits per heavy atom. The fraction of sp³-hybridized carbons (Fsp3) is 0.533. The van der Waals surface area contributed by atoms with E-state index in [9.17, 15) is 4.79 Å². The van der Waals surface area contributed by atoms with E-state index in [0.717, 1.165) is 29.8 Å². The van der Waals surface area contributed by atoms with E-state index in [-0.39, 0.29) is 11.9 Å². The van der Waals surface area contributed by atoms with Crippen molar-refractivity contribution in [1.82, 2.24) is 4.90 Å². The molecule has 1 aromatic rings. The Hall–Kier alpha value is -1.51. The van der Waals surface area contributed by atoms with Crippen LogP contribution in [0.2, 0.25) is 0 Å². The van der Waals surface area contributed by atoms with Crippen LogP contribution in [-0.4, -0.2) is 30.4 Å². The zero-order valence-corrected chi connectivity index (χ0v) is 12.1. The van der Waals surface area contributed by atoms with Gasteiger partial charge in [0.05, 0.1) is 5.56 Å². The summed E-state index contributed by atoms with van der Waals surface area (Å²) in [4.78, 5) is 14.5. The number of anilines is 1. The summed E-state index contributed by atoms with van der Waals surface area (Å²) in [5.41, 5.74) is 2.81. The van der Waals surface area contributed by atoms with Gasteiger partial charge in [0.2, 0.25) is 0 Å². The molecule has 3 heteroatoms. The average molecular weight is 248 g/mol. The van der Waals surface area contributed by atoms with Crippen molar-refractivity contribution in [2.75, 3.05) is 18.9 Å². The molecule has 1 N–H and O–H groups in total. The SMILES string of the molecule is CCCN(C(=O)c1ccc(C)cc1NC)C(C)C. The van der Waals surface area contributed by atoms with Crippen LogP contribution in [0.4, 0.5) is 5.69 Å². The van der Waals surface area contributed by atoms with Crippen molar-refractivity contribution in [2.24, 2.45) is 0 Å². The van der Waals surface area contributed by atoms with E-state index in [1.165, 1.54) is 0 Å². The second-order valence-corrected chi connectivity index (χ2v) is 4.89. The quantitative estimate of drug-likeness (QED) is 0.867. The molecule has 0 saturated heterocycles. The monoisotopic (exact) mass is 248 g/mol. The van der Waals surface area contributed by atoms with E-state index in [4.69, 9.17) is 0 Å². The highest BCUT2D eigenvalue weighted by Gasteiger charge is 2.20. The van der Waals surface area contributed by atoms with Crippen LogP contribution in [0.3, 0.4) is 0 Å². The standard InChI is InChI=1S/C15H24N2O/c1-6-9-17(11(2)3)15(18)13-8-7-12(4)10-14(13)16-5/h7-8,10-11,16H,6,9H2,1-5H3. The lowest BCUT2D eigenvalue weighted by Gasteiger charge is -2.27. The molecule has 0 spiro atoms. The number of rotatable bonds is 5. The molecular weight excluding hydrogens is 224 g/mol. The molecule has 0 fully saturated rings. The minimum Gasteiger partial charge on any atom is -0.387 e. The average Bonchev–Trinajstić information content (AvgIpc) is 2.34. The lowest BCUT2D eigenvalue weighted by atomic mass is 10.1. The Morgan fingerprint density at radius 2 is 2.06 bits per heavy atom. The van der Waals surface area contributed by atoms with E-state index in [1.807, 2.05) is 37.1 Å². The maximum absolute atomic E-state index is 12.6. The van der Waals surface area contributed by atoms with Crippen LogP contribution in [-0.2, 0) is 0 Å². The first-order chi connectivity index (χ1) is 8.51. The Kier molecular flexibility index (Phi) is 5.20. The first-order valence-corrected chi connectivity index (χ1v) is 6.60. The fourth-order valence-electron chi connectivity index (χ4n) is 2.04. The van der Waals surface area contributed by atoms with Gasteiger partial charge in [-0.2, -0.15) is 0 Å². The summed E-state index contributed by atoms with van der Waals surface area (Å²) in [5.74, 6) is 0.108. The largest absolute Gasteiger partial charge is 0.387 e. The first kappa shape index (κ1) is 14.6. The van der Waals surface area contributed by atoms with Crippen molar-refractivity contribution in [3.63, 3.8) is 0 Å². The van der Waals surface area contributed by atoms with Gasteiger partial charge in [-0.15, -0.1) is 0 Å². The summed E-state index contributed by atoms with van der Waals surface area (Å²) in [6.07, 6.45) is 0.977. The lowest BCUT2D eigenvalue weighted by molar-refractivity contribution is 0.0707. The number of hydrogen-bond donors (Lipinski definition) is 1. The van der Waals surface area contributed by atoms with Crippen molar-refractivity contribution in [2.45, 2.75) is 40.2 Å². The van der Waals surface area contributed by atoms with E-state index in [0.29, 0.717) is 0 Å². The number of carbonyl (C=O) groups is 1. The van der Waals surface area contributed by atoms with Gasteiger partial charge in [0.25, 0.3) is 5.91 Å². The number of amides is 1. The third-order valence-corrected chi connectivity index (χ3v) is 3.02. The molecule has 0 radical (unpaired) electrons. The molecule has 3 nitrogen and oxygen atoms in total. The third-order valence-electron chi connectivity index (χ3n) is 3.02. The van der Waals surface area contributed by atoms with Gasteiger partial charge in [-0.3, -0.25) is 4.79 Å². The highest BCUT2D eigenvalue weighted by Crippen LogP contribution is 2.20. The van der Waals surface area contributed by atoms with Gasteiger partial charge in [0, 0.05) is 25.3 Å². The highest BCUT2D eigenvalue weighted by atomic mass is 16.2. The third kappa shape index (κ3) is 3.25. The number of nitrogens with one attached hydrogen (secondary N) is 1. The summed E-state index contributed by atoms with van der Waals surface area (Å²) < 4.78 is 0. The maximum Gasteiger partial charge on any atom is 0.256 e. The van der Waals surface area contributed by atoms with Crippen LogP contribution in [0, 0.1) is 6.92 Å². The minimum atomic E-state index is 0.108. The predicted molar refractivity (Wildman–Crippen MR) is 77.2 cm³/mol. The molecule has 0 aliphatic rings. The molecule has 0 saturated carbocycles. The Balaban J connectivity index is 3.08. The van der Waals surface area contributed by atoms with E-state index < -0.39 is 0 Å². The predicted octanol–water partition coefficient (Wildman–Crippen LogP) is 3.30. The van der Waals surface area contributed by atoms with Gasteiger partial charge in [0.15, 0.2) is 0 Å². The summed E-state index contributed by atoms with van der Waals surface area (Å²) in [7, 11) is 1.85. The van der Waals surface area contributed by atoms with Gasteiger partial charge >= 0.3 is 0 Å². The van der Waals surface area contributed by atoms with Crippen LogP contribution in [0.5, 0.6) is 0 Å². The number of aryl methyl sites for hydroxylation is 1. The second-order valence-electron chi connectivity index (χ2n) is 4.89. The number of carbonyl (C=O) groups excluding carboxylic acids is 1. The molecule has 0 aromatic heterocycles.